The average molecular weight is 735 g/mol. The van der Waals surface area contributed by atoms with Crippen molar-refractivity contribution in [1.29, 1.82) is 0 Å². The van der Waals surface area contributed by atoms with E-state index in [1.165, 1.54) is 26.0 Å². The summed E-state index contributed by atoms with van der Waals surface area (Å²) in [7, 11) is 2.77. The molecule has 0 aromatic carbocycles. The van der Waals surface area contributed by atoms with Crippen LogP contribution < -0.4 is 16.0 Å². The van der Waals surface area contributed by atoms with E-state index in [4.69, 9.17) is 23.7 Å². The molecule has 296 valence electrons. The molecule has 0 unspecified atom stereocenters. The second-order valence-electron chi connectivity index (χ2n) is 16.8. The SMILES string of the molecule is CO[C@H]1[C@H](O)[C@@H](O[C@H]2OC[C@](C)(O)[C@H](N(C)C(=O)CC(C)(C)C)[C@H]2O)[C@H](NC(=O)[C@@H](O)CCNC(=O)OC(C)(C)C)C[C@@H]1NC(=O)OC(C)(C)C. The summed E-state index contributed by atoms with van der Waals surface area (Å²) in [5, 5.41) is 52.8. The first-order valence-corrected chi connectivity index (χ1v) is 17.2. The van der Waals surface area contributed by atoms with Crippen LogP contribution in [0.1, 0.15) is 88.5 Å². The minimum absolute atomic E-state index is 0.0952. The van der Waals surface area contributed by atoms with Gasteiger partial charge in [0, 0.05) is 27.1 Å². The number of aliphatic hydroxyl groups is 4. The number of aliphatic hydroxyl groups excluding tert-OH is 3. The molecular formula is C34H62N4O13. The van der Waals surface area contributed by atoms with Gasteiger partial charge in [0.05, 0.1) is 24.7 Å². The van der Waals surface area contributed by atoms with E-state index in [1.54, 1.807) is 41.5 Å². The van der Waals surface area contributed by atoms with Crippen LogP contribution in [0.5, 0.6) is 0 Å². The first-order chi connectivity index (χ1) is 23.2. The van der Waals surface area contributed by atoms with Gasteiger partial charge in [0.25, 0.3) is 0 Å². The van der Waals surface area contributed by atoms with Gasteiger partial charge >= 0.3 is 12.2 Å². The molecule has 2 rings (SSSR count). The van der Waals surface area contributed by atoms with E-state index in [9.17, 15) is 39.6 Å². The van der Waals surface area contributed by atoms with Crippen molar-refractivity contribution in [1.82, 2.24) is 20.9 Å². The van der Waals surface area contributed by atoms with E-state index in [0.717, 1.165) is 0 Å². The van der Waals surface area contributed by atoms with Gasteiger partial charge in [0.1, 0.15) is 47.3 Å². The molecule has 2 aliphatic rings. The molecule has 1 saturated heterocycles. The van der Waals surface area contributed by atoms with Crippen molar-refractivity contribution in [2.75, 3.05) is 27.3 Å². The number of likely N-dealkylation sites (N-methyl/N-ethyl adjacent to an activating group) is 1. The Hall–Kier alpha value is -2.80. The topological polar surface area (TPSA) is 235 Å². The lowest BCUT2D eigenvalue weighted by molar-refractivity contribution is -0.306. The zero-order chi connectivity index (χ0) is 39.3. The smallest absolute Gasteiger partial charge is 0.407 e. The maximum Gasteiger partial charge on any atom is 0.407 e. The van der Waals surface area contributed by atoms with Crippen LogP contribution in [-0.2, 0) is 33.3 Å². The fraction of sp³-hybridized carbons (Fsp3) is 0.882. The minimum atomic E-state index is -1.69. The van der Waals surface area contributed by atoms with Crippen molar-refractivity contribution < 1.29 is 63.3 Å². The van der Waals surface area contributed by atoms with Crippen LogP contribution in [0, 0.1) is 5.41 Å². The van der Waals surface area contributed by atoms with Crippen molar-refractivity contribution in [3.8, 4) is 0 Å². The van der Waals surface area contributed by atoms with Crippen LogP contribution >= 0.6 is 0 Å². The van der Waals surface area contributed by atoms with Gasteiger partial charge in [-0.15, -0.1) is 0 Å². The third-order valence-electron chi connectivity index (χ3n) is 8.23. The summed E-state index contributed by atoms with van der Waals surface area (Å²) < 4.78 is 28.0. The summed E-state index contributed by atoms with van der Waals surface area (Å²) >= 11 is 0. The Kier molecular flexibility index (Phi) is 15.1. The van der Waals surface area contributed by atoms with Gasteiger partial charge in [-0.25, -0.2) is 9.59 Å². The predicted molar refractivity (Wildman–Crippen MR) is 183 cm³/mol. The molecule has 0 radical (unpaired) electrons. The number of methoxy groups -OCH3 is 1. The largest absolute Gasteiger partial charge is 0.444 e. The van der Waals surface area contributed by atoms with E-state index in [2.05, 4.69) is 16.0 Å². The molecule has 2 fully saturated rings. The molecule has 1 aliphatic carbocycles. The standard InChI is InChI=1S/C34H62N4O13/c1-31(2,3)16-21(40)38(11)26-23(42)28(48-17-34(26,10)46)49-25-19(36-27(43)20(39)13-14-35-29(44)50-32(4,5)6)15-18(24(47-12)22(25)41)37-30(45)51-33(7,8)9/h18-20,22-26,28,39,41-42,46H,13-17H2,1-12H3,(H,35,44)(H,36,43)(H,37,45)/t18-,19+,20-,22-,23+,24+,25-,26+,28+,34-/m0/s1. The normalized spacial score (nSPS) is 30.8. The number of rotatable bonds is 11. The average Bonchev–Trinajstić information content (AvgIpc) is 2.93. The molecule has 17 heteroatoms. The fourth-order valence-corrected chi connectivity index (χ4v) is 6.07. The van der Waals surface area contributed by atoms with Crippen LogP contribution in [0.2, 0.25) is 0 Å². The second-order valence-corrected chi connectivity index (χ2v) is 16.8. The Morgan fingerprint density at radius 2 is 1.45 bits per heavy atom. The molecule has 0 aromatic heterocycles. The highest BCUT2D eigenvalue weighted by molar-refractivity contribution is 5.81. The summed E-state index contributed by atoms with van der Waals surface area (Å²) in [6.45, 7) is 16.7. The number of nitrogens with zero attached hydrogens (tertiary/aromatic N) is 1. The van der Waals surface area contributed by atoms with E-state index in [1.807, 2.05) is 20.8 Å². The van der Waals surface area contributed by atoms with Gasteiger partial charge in [0.15, 0.2) is 6.29 Å². The highest BCUT2D eigenvalue weighted by Gasteiger charge is 2.54. The zero-order valence-electron chi connectivity index (χ0n) is 32.1. The molecule has 1 saturated carbocycles. The molecule has 4 amide bonds. The molecule has 0 spiro atoms. The maximum atomic E-state index is 13.3. The zero-order valence-corrected chi connectivity index (χ0v) is 32.1. The van der Waals surface area contributed by atoms with Crippen molar-refractivity contribution in [2.45, 2.75) is 160 Å². The monoisotopic (exact) mass is 734 g/mol. The Balaban J connectivity index is 2.34. The lowest BCUT2D eigenvalue weighted by Gasteiger charge is -2.50. The second kappa shape index (κ2) is 17.4. The van der Waals surface area contributed by atoms with Crippen LogP contribution in [0.25, 0.3) is 0 Å². The lowest BCUT2D eigenvalue weighted by atomic mass is 9.82. The van der Waals surface area contributed by atoms with Gasteiger partial charge in [-0.3, -0.25) is 9.59 Å². The Bertz CT molecular complexity index is 1200. The number of amides is 4. The van der Waals surface area contributed by atoms with Gasteiger partial charge < -0.3 is 65.0 Å². The molecule has 1 aliphatic heterocycles. The highest BCUT2D eigenvalue weighted by Crippen LogP contribution is 2.34. The molecule has 7 N–H and O–H groups in total. The Morgan fingerprint density at radius 3 is 1.98 bits per heavy atom. The summed E-state index contributed by atoms with van der Waals surface area (Å²) in [4.78, 5) is 52.4. The van der Waals surface area contributed by atoms with Crippen LogP contribution in [-0.4, -0.2) is 148 Å². The van der Waals surface area contributed by atoms with E-state index in [0.29, 0.717) is 0 Å². The summed E-state index contributed by atoms with van der Waals surface area (Å²) in [5.74, 6) is -1.21. The van der Waals surface area contributed by atoms with Gasteiger partial charge in [-0.05, 0) is 66.7 Å². The van der Waals surface area contributed by atoms with E-state index < -0.39 is 89.8 Å². The summed E-state index contributed by atoms with van der Waals surface area (Å²) in [5.41, 5.74) is -3.65. The van der Waals surface area contributed by atoms with Crippen LogP contribution in [0.4, 0.5) is 9.59 Å². The number of hydrogen-bond acceptors (Lipinski definition) is 13. The quantitative estimate of drug-likeness (QED) is 0.154. The number of hydrogen-bond donors (Lipinski definition) is 7. The first kappa shape index (κ1) is 44.4. The van der Waals surface area contributed by atoms with E-state index in [-0.39, 0.29) is 43.7 Å². The van der Waals surface area contributed by atoms with E-state index >= 15 is 0 Å². The first-order valence-electron chi connectivity index (χ1n) is 17.2. The molecule has 51 heavy (non-hydrogen) atoms. The lowest BCUT2D eigenvalue weighted by Crippen LogP contribution is -2.70. The summed E-state index contributed by atoms with van der Waals surface area (Å²) in [6.07, 6.45) is -10.5. The number of carbonyl (C=O) groups excluding carboxylic acids is 4. The Labute approximate surface area is 301 Å². The summed E-state index contributed by atoms with van der Waals surface area (Å²) in [6, 6.07) is -3.23. The van der Waals surface area contributed by atoms with Gasteiger partial charge in [-0.1, -0.05) is 20.8 Å². The molecule has 0 aromatic rings. The highest BCUT2D eigenvalue weighted by atomic mass is 16.7. The molecule has 0 bridgehead atoms. The van der Waals surface area contributed by atoms with Crippen molar-refractivity contribution in [2.24, 2.45) is 5.41 Å². The van der Waals surface area contributed by atoms with Crippen molar-refractivity contribution >= 4 is 24.0 Å². The fourth-order valence-electron chi connectivity index (χ4n) is 6.07. The van der Waals surface area contributed by atoms with Gasteiger partial charge in [0.2, 0.25) is 11.8 Å². The minimum Gasteiger partial charge on any atom is -0.444 e. The molecule has 17 nitrogen and oxygen atoms in total. The molecular weight excluding hydrogens is 672 g/mol. The third-order valence-corrected chi connectivity index (χ3v) is 8.23. The van der Waals surface area contributed by atoms with Crippen LogP contribution in [0.15, 0.2) is 0 Å². The number of nitrogens with one attached hydrogen (secondary N) is 3. The number of ether oxygens (including phenoxy) is 5. The number of carbonyl (C=O) groups is 4. The van der Waals surface area contributed by atoms with Crippen LogP contribution in [0.3, 0.4) is 0 Å². The predicted octanol–water partition coefficient (Wildman–Crippen LogP) is 0.536. The Morgan fingerprint density at radius 1 is 0.902 bits per heavy atom. The van der Waals surface area contributed by atoms with Crippen molar-refractivity contribution in [3.63, 3.8) is 0 Å². The molecule has 1 heterocycles. The maximum absolute atomic E-state index is 13.3. The van der Waals surface area contributed by atoms with Crippen molar-refractivity contribution in [3.05, 3.63) is 0 Å². The number of alkyl carbamates (subject to hydrolysis) is 2. The third kappa shape index (κ3) is 13.6. The molecule has 10 atom stereocenters. The van der Waals surface area contributed by atoms with Gasteiger partial charge in [-0.2, -0.15) is 0 Å².